The van der Waals surface area contributed by atoms with Crippen molar-refractivity contribution in [1.29, 1.82) is 0 Å². The van der Waals surface area contributed by atoms with Crippen LogP contribution in [-0.2, 0) is 4.79 Å². The van der Waals surface area contributed by atoms with Crippen LogP contribution in [0, 0.1) is 0 Å². The quantitative estimate of drug-likeness (QED) is 0.899. The van der Waals surface area contributed by atoms with E-state index in [4.69, 9.17) is 0 Å². The first-order valence-electron chi connectivity index (χ1n) is 6.35. The number of amides is 1. The number of carbonyl (C=O) groups excluding carboxylic acids is 1. The van der Waals surface area contributed by atoms with Gasteiger partial charge in [-0.2, -0.15) is 4.98 Å². The minimum atomic E-state index is -0.407. The fourth-order valence-electron chi connectivity index (χ4n) is 1.66. The zero-order chi connectivity index (χ0) is 14.9. The highest BCUT2D eigenvalue weighted by atomic mass is 79.9. The van der Waals surface area contributed by atoms with Crippen molar-refractivity contribution in [3.8, 4) is 0 Å². The fraction of sp³-hybridized carbons (Fsp3) is 0.462. The molecule has 0 radical (unpaired) electrons. The molecule has 0 aliphatic heterocycles. The Morgan fingerprint density at radius 1 is 1.40 bits per heavy atom. The van der Waals surface area contributed by atoms with Crippen molar-refractivity contribution >= 4 is 33.4 Å². The van der Waals surface area contributed by atoms with E-state index in [1.54, 1.807) is 11.4 Å². The lowest BCUT2D eigenvalue weighted by atomic mass is 10.1. The van der Waals surface area contributed by atoms with Gasteiger partial charge in [-0.3, -0.25) is 4.79 Å². The number of anilines is 1. The Hall–Kier alpha value is -1.63. The number of nitrogens with one attached hydrogen (secondary N) is 2. The molecule has 1 amide bonds. The summed E-state index contributed by atoms with van der Waals surface area (Å²) >= 11 is 3.38. The molecule has 108 valence electrons. The van der Waals surface area contributed by atoms with Crippen LogP contribution in [0.2, 0.25) is 0 Å². The van der Waals surface area contributed by atoms with Crippen LogP contribution in [-0.4, -0.2) is 32.1 Å². The van der Waals surface area contributed by atoms with Gasteiger partial charge in [0, 0.05) is 16.2 Å². The SMILES string of the molecule is CC(Nc1nc2ccc(Br)cn2n1)C(=O)NC(C)(C)C. The van der Waals surface area contributed by atoms with Crippen LogP contribution in [0.25, 0.3) is 5.65 Å². The minimum Gasteiger partial charge on any atom is -0.350 e. The van der Waals surface area contributed by atoms with Crippen LogP contribution in [0.5, 0.6) is 0 Å². The summed E-state index contributed by atoms with van der Waals surface area (Å²) in [6.07, 6.45) is 1.81. The van der Waals surface area contributed by atoms with Crippen LogP contribution >= 0.6 is 15.9 Å². The van der Waals surface area contributed by atoms with Gasteiger partial charge < -0.3 is 10.6 Å². The van der Waals surface area contributed by atoms with Gasteiger partial charge >= 0.3 is 0 Å². The lowest BCUT2D eigenvalue weighted by Gasteiger charge is -2.23. The third-order valence-electron chi connectivity index (χ3n) is 2.53. The second kappa shape index (κ2) is 5.40. The maximum atomic E-state index is 12.0. The Balaban J connectivity index is 2.09. The van der Waals surface area contributed by atoms with Gasteiger partial charge in [0.05, 0.1) is 0 Å². The smallest absolute Gasteiger partial charge is 0.243 e. The van der Waals surface area contributed by atoms with Crippen molar-refractivity contribution in [1.82, 2.24) is 19.9 Å². The molecule has 0 aromatic carbocycles. The van der Waals surface area contributed by atoms with E-state index < -0.39 is 6.04 Å². The number of aromatic nitrogens is 3. The molecule has 20 heavy (non-hydrogen) atoms. The van der Waals surface area contributed by atoms with Crippen molar-refractivity contribution in [3.05, 3.63) is 22.8 Å². The number of carbonyl (C=O) groups is 1. The van der Waals surface area contributed by atoms with Gasteiger partial charge in [0.1, 0.15) is 6.04 Å². The van der Waals surface area contributed by atoms with Gasteiger partial charge in [-0.1, -0.05) is 0 Å². The third kappa shape index (κ3) is 3.69. The average Bonchev–Trinajstić information content (AvgIpc) is 2.67. The highest BCUT2D eigenvalue weighted by Crippen LogP contribution is 2.12. The van der Waals surface area contributed by atoms with Gasteiger partial charge in [-0.05, 0) is 55.8 Å². The number of halogens is 1. The first kappa shape index (κ1) is 14.8. The summed E-state index contributed by atoms with van der Waals surface area (Å²) in [5.74, 6) is 0.345. The third-order valence-corrected chi connectivity index (χ3v) is 3.00. The largest absolute Gasteiger partial charge is 0.350 e. The molecule has 2 aromatic heterocycles. The summed E-state index contributed by atoms with van der Waals surface area (Å²) in [5, 5.41) is 10.2. The van der Waals surface area contributed by atoms with Crippen LogP contribution in [0.15, 0.2) is 22.8 Å². The molecule has 1 atom stereocenters. The molecule has 0 saturated heterocycles. The first-order valence-corrected chi connectivity index (χ1v) is 7.14. The van der Waals surface area contributed by atoms with E-state index in [-0.39, 0.29) is 11.4 Å². The number of pyridine rings is 1. The summed E-state index contributed by atoms with van der Waals surface area (Å²) < 4.78 is 2.57. The van der Waals surface area contributed by atoms with Crippen LogP contribution in [0.1, 0.15) is 27.7 Å². The van der Waals surface area contributed by atoms with Crippen molar-refractivity contribution < 1.29 is 4.79 Å². The van der Waals surface area contributed by atoms with E-state index in [9.17, 15) is 4.79 Å². The normalized spacial score (nSPS) is 13.2. The van der Waals surface area contributed by atoms with Crippen molar-refractivity contribution in [2.24, 2.45) is 0 Å². The van der Waals surface area contributed by atoms with E-state index in [1.165, 1.54) is 0 Å². The first-order chi connectivity index (χ1) is 9.24. The van der Waals surface area contributed by atoms with Gasteiger partial charge in [0.15, 0.2) is 5.65 Å². The molecule has 6 nitrogen and oxygen atoms in total. The van der Waals surface area contributed by atoms with E-state index >= 15 is 0 Å². The molecule has 0 fully saturated rings. The predicted molar refractivity (Wildman–Crippen MR) is 81.7 cm³/mol. The minimum absolute atomic E-state index is 0.0856. The molecule has 0 aliphatic rings. The maximum absolute atomic E-state index is 12.0. The second-order valence-electron chi connectivity index (χ2n) is 5.69. The Labute approximate surface area is 126 Å². The predicted octanol–water partition coefficient (Wildman–Crippen LogP) is 2.21. The lowest BCUT2D eigenvalue weighted by Crippen LogP contribution is -2.47. The van der Waals surface area contributed by atoms with Crippen LogP contribution in [0.3, 0.4) is 0 Å². The molecule has 2 aromatic rings. The zero-order valence-corrected chi connectivity index (χ0v) is 13.5. The van der Waals surface area contributed by atoms with Crippen molar-refractivity contribution in [3.63, 3.8) is 0 Å². The molecule has 2 heterocycles. The maximum Gasteiger partial charge on any atom is 0.243 e. The van der Waals surface area contributed by atoms with Gasteiger partial charge in [0.2, 0.25) is 11.9 Å². The zero-order valence-electron chi connectivity index (χ0n) is 11.9. The molecule has 0 spiro atoms. The highest BCUT2D eigenvalue weighted by Gasteiger charge is 2.20. The van der Waals surface area contributed by atoms with Crippen LogP contribution < -0.4 is 10.6 Å². The summed E-state index contributed by atoms with van der Waals surface area (Å²) in [6, 6.07) is 3.33. The fourth-order valence-corrected chi connectivity index (χ4v) is 1.98. The van der Waals surface area contributed by atoms with E-state index in [0.29, 0.717) is 5.95 Å². The highest BCUT2D eigenvalue weighted by molar-refractivity contribution is 9.10. The lowest BCUT2D eigenvalue weighted by molar-refractivity contribution is -0.122. The standard InChI is InChI=1S/C13H18BrN5O/c1-8(11(20)17-13(2,3)4)15-12-16-10-6-5-9(14)7-19(10)18-12/h5-8H,1-4H3,(H,15,18)(H,17,20). The molecular formula is C13H18BrN5O. The number of hydrogen-bond donors (Lipinski definition) is 2. The monoisotopic (exact) mass is 339 g/mol. The number of nitrogens with zero attached hydrogens (tertiary/aromatic N) is 3. The van der Waals surface area contributed by atoms with Gasteiger partial charge in [-0.15, -0.1) is 5.10 Å². The molecule has 1 unspecified atom stereocenters. The summed E-state index contributed by atoms with van der Waals surface area (Å²) in [7, 11) is 0. The number of rotatable bonds is 3. The topological polar surface area (TPSA) is 71.3 Å². The average molecular weight is 340 g/mol. The Morgan fingerprint density at radius 2 is 2.10 bits per heavy atom. The Morgan fingerprint density at radius 3 is 2.75 bits per heavy atom. The summed E-state index contributed by atoms with van der Waals surface area (Å²) in [6.45, 7) is 7.61. The molecule has 0 aliphatic carbocycles. The van der Waals surface area contributed by atoms with E-state index in [1.807, 2.05) is 39.1 Å². The molecule has 0 bridgehead atoms. The molecule has 0 saturated carbocycles. The molecule has 2 N–H and O–H groups in total. The Bertz CT molecular complexity index is 631. The molecule has 2 rings (SSSR count). The van der Waals surface area contributed by atoms with Crippen molar-refractivity contribution in [2.75, 3.05) is 5.32 Å². The summed E-state index contributed by atoms with van der Waals surface area (Å²) in [5.41, 5.74) is 0.462. The molecule has 7 heteroatoms. The Kier molecular flexibility index (Phi) is 3.99. The molecular weight excluding hydrogens is 322 g/mol. The van der Waals surface area contributed by atoms with Gasteiger partial charge in [0.25, 0.3) is 0 Å². The van der Waals surface area contributed by atoms with E-state index in [0.717, 1.165) is 10.1 Å². The summed E-state index contributed by atoms with van der Waals surface area (Å²) in [4.78, 5) is 16.3. The van der Waals surface area contributed by atoms with E-state index in [2.05, 4.69) is 36.6 Å². The number of fused-ring (bicyclic) bond motifs is 1. The second-order valence-corrected chi connectivity index (χ2v) is 6.61. The number of hydrogen-bond acceptors (Lipinski definition) is 4. The van der Waals surface area contributed by atoms with Gasteiger partial charge in [-0.25, -0.2) is 4.52 Å². The van der Waals surface area contributed by atoms with Crippen LogP contribution in [0.4, 0.5) is 5.95 Å². The van der Waals surface area contributed by atoms with Crippen molar-refractivity contribution in [2.45, 2.75) is 39.3 Å².